The van der Waals surface area contributed by atoms with Crippen LogP contribution in [-0.2, 0) is 16.2 Å². The molecule has 0 aromatic heterocycles. The molecule has 0 spiro atoms. The van der Waals surface area contributed by atoms with Crippen molar-refractivity contribution in [3.8, 4) is 5.75 Å². The Morgan fingerprint density at radius 2 is 1.72 bits per heavy atom. The van der Waals surface area contributed by atoms with Gasteiger partial charge >= 0.3 is 0 Å². The summed E-state index contributed by atoms with van der Waals surface area (Å²) in [4.78, 5) is 24.5. The highest BCUT2D eigenvalue weighted by molar-refractivity contribution is 6.31. The Hall–Kier alpha value is -3.87. The van der Waals surface area contributed by atoms with Crippen LogP contribution in [0.1, 0.15) is 23.1 Å². The minimum absolute atomic E-state index is 0.339. The van der Waals surface area contributed by atoms with E-state index in [-0.39, 0.29) is 0 Å². The van der Waals surface area contributed by atoms with E-state index in [0.717, 1.165) is 21.9 Å². The third kappa shape index (κ3) is 6.62. The van der Waals surface area contributed by atoms with Gasteiger partial charge in [0.05, 0.1) is 6.21 Å². The van der Waals surface area contributed by atoms with Crippen molar-refractivity contribution in [3.05, 3.63) is 106 Å². The summed E-state index contributed by atoms with van der Waals surface area (Å²) in [5.74, 6) is -0.416. The van der Waals surface area contributed by atoms with Crippen molar-refractivity contribution in [1.82, 2.24) is 5.43 Å². The number of anilines is 1. The lowest BCUT2D eigenvalue weighted by atomic mass is 10.0. The molecule has 182 valence electrons. The molecule has 0 aliphatic carbocycles. The molecular weight excluding hydrogens is 497 g/mol. The number of ether oxygens (including phenoxy) is 1. The Kier molecular flexibility index (Phi) is 8.21. The fraction of sp³-hybridized carbons (Fsp3) is 0.107. The van der Waals surface area contributed by atoms with Gasteiger partial charge in [0.15, 0.2) is 0 Å². The molecule has 0 saturated heterocycles. The molecule has 4 aromatic carbocycles. The van der Waals surface area contributed by atoms with Crippen LogP contribution in [0.15, 0.2) is 84.0 Å². The molecule has 0 atom stereocenters. The molecule has 0 unspecified atom stereocenters. The fourth-order valence-corrected chi connectivity index (χ4v) is 3.81. The lowest BCUT2D eigenvalue weighted by Gasteiger charge is -2.12. The van der Waals surface area contributed by atoms with E-state index < -0.39 is 18.2 Å². The quantitative estimate of drug-likeness (QED) is 0.158. The number of amides is 2. The molecule has 6 nitrogen and oxygen atoms in total. The molecule has 0 saturated carbocycles. The van der Waals surface area contributed by atoms with Crippen molar-refractivity contribution in [2.24, 2.45) is 5.10 Å². The van der Waals surface area contributed by atoms with Crippen LogP contribution in [0.3, 0.4) is 0 Å². The number of fused-ring (bicyclic) bond motifs is 1. The van der Waals surface area contributed by atoms with Gasteiger partial charge in [-0.2, -0.15) is 5.10 Å². The molecule has 0 aliphatic rings. The number of nitrogens with one attached hydrogen (secondary N) is 2. The highest BCUT2D eigenvalue weighted by atomic mass is 35.5. The van der Waals surface area contributed by atoms with Gasteiger partial charge in [0.1, 0.15) is 18.8 Å². The fourth-order valence-electron chi connectivity index (χ4n) is 3.51. The van der Waals surface area contributed by atoms with E-state index in [0.29, 0.717) is 33.7 Å². The number of carbonyl (C=O) groups is 2. The number of hydrogen-bond donors (Lipinski definition) is 2. The molecule has 2 amide bonds. The van der Waals surface area contributed by atoms with Crippen molar-refractivity contribution in [3.63, 3.8) is 0 Å². The van der Waals surface area contributed by atoms with Crippen LogP contribution in [0.4, 0.5) is 5.69 Å². The molecule has 4 aromatic rings. The minimum Gasteiger partial charge on any atom is -0.488 e. The zero-order valence-electron chi connectivity index (χ0n) is 19.4. The van der Waals surface area contributed by atoms with Crippen LogP contribution in [0.2, 0.25) is 10.0 Å². The smallest absolute Gasteiger partial charge is 0.249 e. The number of halogens is 2. The van der Waals surface area contributed by atoms with Gasteiger partial charge in [-0.05, 0) is 59.2 Å². The van der Waals surface area contributed by atoms with E-state index in [4.69, 9.17) is 27.9 Å². The number of nitrogens with zero attached hydrogens (tertiary/aromatic N) is 1. The van der Waals surface area contributed by atoms with Crippen molar-refractivity contribution in [2.75, 3.05) is 5.32 Å². The van der Waals surface area contributed by atoms with Crippen LogP contribution in [0.5, 0.6) is 5.75 Å². The van der Waals surface area contributed by atoms with Crippen LogP contribution in [0.25, 0.3) is 10.8 Å². The predicted molar refractivity (Wildman–Crippen MR) is 145 cm³/mol. The lowest BCUT2D eigenvalue weighted by Crippen LogP contribution is -2.24. The van der Waals surface area contributed by atoms with Gasteiger partial charge in [-0.25, -0.2) is 5.43 Å². The second-order valence-electron chi connectivity index (χ2n) is 8.10. The van der Waals surface area contributed by atoms with Gasteiger partial charge in [-0.1, -0.05) is 71.7 Å². The SMILES string of the molecule is Cc1ccc(NC(=O)CC(=O)NN=Cc2c(OCc3ccc(Cl)cc3)ccc3ccccc23)cc1Cl. The Balaban J connectivity index is 1.43. The van der Waals surface area contributed by atoms with E-state index in [1.54, 1.807) is 18.2 Å². The van der Waals surface area contributed by atoms with Crippen molar-refractivity contribution >= 4 is 57.7 Å². The second kappa shape index (κ2) is 11.7. The number of hydrogen-bond acceptors (Lipinski definition) is 4. The van der Waals surface area contributed by atoms with Gasteiger partial charge in [0.2, 0.25) is 11.8 Å². The standard InChI is InChI=1S/C28H23Cl2N3O3/c1-18-6-12-22(14-25(18)30)32-27(34)15-28(35)33-31-16-24-23-5-3-2-4-20(23)9-13-26(24)36-17-19-7-10-21(29)11-8-19/h2-14,16H,15,17H2,1H3,(H,32,34)(H,33,35). The predicted octanol–water partition coefficient (Wildman–Crippen LogP) is 6.51. The first-order valence-corrected chi connectivity index (χ1v) is 11.9. The zero-order chi connectivity index (χ0) is 25.5. The van der Waals surface area contributed by atoms with E-state index in [9.17, 15) is 9.59 Å². The maximum Gasteiger partial charge on any atom is 0.249 e. The number of rotatable bonds is 8. The van der Waals surface area contributed by atoms with Crippen LogP contribution in [0, 0.1) is 6.92 Å². The first-order valence-electron chi connectivity index (χ1n) is 11.2. The molecular formula is C28H23Cl2N3O3. The van der Waals surface area contributed by atoms with Crippen LogP contribution < -0.4 is 15.5 Å². The first kappa shape index (κ1) is 25.2. The maximum absolute atomic E-state index is 12.3. The molecule has 8 heteroatoms. The molecule has 0 bridgehead atoms. The monoisotopic (exact) mass is 519 g/mol. The van der Waals surface area contributed by atoms with Gasteiger partial charge in [-0.15, -0.1) is 0 Å². The Labute approximate surface area is 218 Å². The normalized spacial score (nSPS) is 11.0. The summed E-state index contributed by atoms with van der Waals surface area (Å²) in [5, 5.41) is 9.84. The first-order chi connectivity index (χ1) is 17.4. The molecule has 0 radical (unpaired) electrons. The lowest BCUT2D eigenvalue weighted by molar-refractivity contribution is -0.126. The Bertz CT molecular complexity index is 1440. The van der Waals surface area contributed by atoms with Gasteiger partial charge in [-0.3, -0.25) is 9.59 Å². The highest BCUT2D eigenvalue weighted by Crippen LogP contribution is 2.27. The maximum atomic E-state index is 12.3. The number of carbonyl (C=O) groups excluding carboxylic acids is 2. The van der Waals surface area contributed by atoms with Crippen molar-refractivity contribution < 1.29 is 14.3 Å². The topological polar surface area (TPSA) is 79.8 Å². The van der Waals surface area contributed by atoms with Gasteiger partial charge in [0, 0.05) is 21.3 Å². The largest absolute Gasteiger partial charge is 0.488 e. The molecule has 0 heterocycles. The molecule has 0 aliphatic heterocycles. The summed E-state index contributed by atoms with van der Waals surface area (Å²) in [6.07, 6.45) is 1.13. The highest BCUT2D eigenvalue weighted by Gasteiger charge is 2.11. The third-order valence-corrected chi connectivity index (χ3v) is 6.06. The second-order valence-corrected chi connectivity index (χ2v) is 8.94. The summed E-state index contributed by atoms with van der Waals surface area (Å²) >= 11 is 12.0. The van der Waals surface area contributed by atoms with E-state index in [1.165, 1.54) is 6.21 Å². The molecule has 4 rings (SSSR count). The Morgan fingerprint density at radius 1 is 0.944 bits per heavy atom. The van der Waals surface area contributed by atoms with Gasteiger partial charge in [0.25, 0.3) is 0 Å². The summed E-state index contributed by atoms with van der Waals surface area (Å²) in [7, 11) is 0. The summed E-state index contributed by atoms with van der Waals surface area (Å²) in [5.41, 5.74) is 5.50. The average Bonchev–Trinajstić information content (AvgIpc) is 2.86. The zero-order valence-corrected chi connectivity index (χ0v) is 20.9. The van der Waals surface area contributed by atoms with Crippen molar-refractivity contribution in [2.45, 2.75) is 20.0 Å². The van der Waals surface area contributed by atoms with E-state index in [1.807, 2.05) is 67.6 Å². The molecule has 2 N–H and O–H groups in total. The van der Waals surface area contributed by atoms with Crippen LogP contribution >= 0.6 is 23.2 Å². The molecule has 36 heavy (non-hydrogen) atoms. The third-order valence-electron chi connectivity index (χ3n) is 5.40. The number of aryl methyl sites for hydroxylation is 1. The van der Waals surface area contributed by atoms with Crippen LogP contribution in [-0.4, -0.2) is 18.0 Å². The van der Waals surface area contributed by atoms with Crippen molar-refractivity contribution in [1.29, 1.82) is 0 Å². The van der Waals surface area contributed by atoms with E-state index >= 15 is 0 Å². The summed E-state index contributed by atoms with van der Waals surface area (Å²) < 4.78 is 6.06. The molecule has 0 fully saturated rings. The summed E-state index contributed by atoms with van der Waals surface area (Å²) in [6.45, 7) is 2.20. The van der Waals surface area contributed by atoms with Gasteiger partial charge < -0.3 is 10.1 Å². The summed E-state index contributed by atoms with van der Waals surface area (Å²) in [6, 6.07) is 24.2. The number of benzene rings is 4. The Morgan fingerprint density at radius 3 is 2.50 bits per heavy atom. The van der Waals surface area contributed by atoms with E-state index in [2.05, 4.69) is 15.8 Å². The minimum atomic E-state index is -0.550. The average molecular weight is 520 g/mol. The number of hydrazone groups is 1.